The van der Waals surface area contributed by atoms with Crippen LogP contribution < -0.4 is 0 Å². The first-order valence-corrected chi connectivity index (χ1v) is 4.43. The van der Waals surface area contributed by atoms with Gasteiger partial charge in [0.15, 0.2) is 0 Å². The molecule has 0 saturated carbocycles. The Kier molecular flexibility index (Phi) is 3.04. The number of halogens is 1. The van der Waals surface area contributed by atoms with E-state index in [0.29, 0.717) is 5.56 Å². The molecule has 1 atom stereocenters. The summed E-state index contributed by atoms with van der Waals surface area (Å²) in [7, 11) is 0. The van der Waals surface area contributed by atoms with Crippen LogP contribution in [0.4, 0.5) is 4.39 Å². The van der Waals surface area contributed by atoms with Crippen LogP contribution in [0.3, 0.4) is 0 Å². The van der Waals surface area contributed by atoms with Crippen LogP contribution >= 0.6 is 0 Å². The largest absolute Gasteiger partial charge is 0.396 e. The van der Waals surface area contributed by atoms with E-state index in [1.807, 2.05) is 19.9 Å². The van der Waals surface area contributed by atoms with Crippen LogP contribution in [0.15, 0.2) is 12.1 Å². The molecule has 1 aromatic carbocycles. The fraction of sp³-hybridized carbons (Fsp3) is 0.455. The molecule has 1 aromatic rings. The van der Waals surface area contributed by atoms with Gasteiger partial charge in [0.05, 0.1) is 0 Å². The van der Waals surface area contributed by atoms with Gasteiger partial charge in [-0.05, 0) is 36.6 Å². The van der Waals surface area contributed by atoms with E-state index in [9.17, 15) is 4.39 Å². The highest BCUT2D eigenvalue weighted by Gasteiger charge is 2.09. The zero-order chi connectivity index (χ0) is 10.0. The number of aliphatic hydroxyl groups excluding tert-OH is 1. The molecule has 0 spiro atoms. The van der Waals surface area contributed by atoms with Crippen LogP contribution in [-0.2, 0) is 0 Å². The van der Waals surface area contributed by atoms with Gasteiger partial charge in [-0.25, -0.2) is 4.39 Å². The fourth-order valence-corrected chi connectivity index (χ4v) is 1.43. The van der Waals surface area contributed by atoms with Gasteiger partial charge in [0.1, 0.15) is 5.82 Å². The third-order valence-corrected chi connectivity index (χ3v) is 2.35. The Morgan fingerprint density at radius 2 is 1.92 bits per heavy atom. The van der Waals surface area contributed by atoms with Gasteiger partial charge >= 0.3 is 0 Å². The quantitative estimate of drug-likeness (QED) is 0.745. The second-order valence-electron chi connectivity index (χ2n) is 3.54. The van der Waals surface area contributed by atoms with E-state index >= 15 is 0 Å². The third-order valence-electron chi connectivity index (χ3n) is 2.35. The van der Waals surface area contributed by atoms with Gasteiger partial charge in [-0.15, -0.1) is 0 Å². The number of hydrogen-bond acceptors (Lipinski definition) is 1. The highest BCUT2D eigenvalue weighted by molar-refractivity contribution is 5.34. The molecule has 1 N–H and O–H groups in total. The van der Waals surface area contributed by atoms with Gasteiger partial charge < -0.3 is 5.11 Å². The van der Waals surface area contributed by atoms with Crippen LogP contribution in [0.1, 0.15) is 29.5 Å². The maximum atomic E-state index is 13.1. The molecule has 0 aliphatic carbocycles. The molecular formula is C11H15FO. The third kappa shape index (κ3) is 2.07. The molecule has 2 heteroatoms. The van der Waals surface area contributed by atoms with E-state index in [1.165, 1.54) is 6.07 Å². The molecule has 1 unspecified atom stereocenters. The standard InChI is InChI=1S/C11H15FO/c1-7-5-11(12)8(2)4-10(7)9(3)6-13/h4-5,9,13H,6H2,1-3H3. The average Bonchev–Trinajstić information content (AvgIpc) is 2.10. The molecule has 0 radical (unpaired) electrons. The zero-order valence-electron chi connectivity index (χ0n) is 8.26. The van der Waals surface area contributed by atoms with Gasteiger partial charge in [0.2, 0.25) is 0 Å². The first kappa shape index (κ1) is 10.2. The van der Waals surface area contributed by atoms with Crippen molar-refractivity contribution < 1.29 is 9.50 Å². The smallest absolute Gasteiger partial charge is 0.126 e. The van der Waals surface area contributed by atoms with Crippen LogP contribution in [0.5, 0.6) is 0 Å². The monoisotopic (exact) mass is 182 g/mol. The van der Waals surface area contributed by atoms with Crippen molar-refractivity contribution in [2.24, 2.45) is 0 Å². The summed E-state index contributed by atoms with van der Waals surface area (Å²) in [6, 6.07) is 3.34. The minimum atomic E-state index is -0.175. The molecule has 0 bridgehead atoms. The summed E-state index contributed by atoms with van der Waals surface area (Å²) < 4.78 is 13.1. The van der Waals surface area contributed by atoms with Crippen LogP contribution in [-0.4, -0.2) is 11.7 Å². The summed E-state index contributed by atoms with van der Waals surface area (Å²) in [5.74, 6) is -0.0920. The van der Waals surface area contributed by atoms with Crippen molar-refractivity contribution in [3.8, 4) is 0 Å². The normalized spacial score (nSPS) is 13.0. The molecule has 1 nitrogen and oxygen atoms in total. The first-order valence-electron chi connectivity index (χ1n) is 4.43. The summed E-state index contributed by atoms with van der Waals surface area (Å²) in [5, 5.41) is 8.98. The van der Waals surface area contributed by atoms with Crippen LogP contribution in [0.25, 0.3) is 0 Å². The van der Waals surface area contributed by atoms with Gasteiger partial charge in [-0.3, -0.25) is 0 Å². The molecule has 0 aromatic heterocycles. The highest BCUT2D eigenvalue weighted by atomic mass is 19.1. The molecule has 0 heterocycles. The predicted octanol–water partition coefficient (Wildman–Crippen LogP) is 2.54. The van der Waals surface area contributed by atoms with Crippen LogP contribution in [0, 0.1) is 19.7 Å². The predicted molar refractivity (Wildman–Crippen MR) is 51.4 cm³/mol. The lowest BCUT2D eigenvalue weighted by Gasteiger charge is -2.13. The summed E-state index contributed by atoms with van der Waals surface area (Å²) in [6.07, 6.45) is 0. The van der Waals surface area contributed by atoms with Crippen molar-refractivity contribution >= 4 is 0 Å². The van der Waals surface area contributed by atoms with Crippen molar-refractivity contribution in [1.82, 2.24) is 0 Å². The fourth-order valence-electron chi connectivity index (χ4n) is 1.43. The van der Waals surface area contributed by atoms with Gasteiger partial charge in [-0.1, -0.05) is 13.0 Å². The lowest BCUT2D eigenvalue weighted by Crippen LogP contribution is -2.02. The topological polar surface area (TPSA) is 20.2 Å². The van der Waals surface area contributed by atoms with Gasteiger partial charge in [0, 0.05) is 12.5 Å². The van der Waals surface area contributed by atoms with Crippen molar-refractivity contribution in [3.63, 3.8) is 0 Å². The number of hydrogen-bond donors (Lipinski definition) is 1. The molecule has 13 heavy (non-hydrogen) atoms. The van der Waals surface area contributed by atoms with E-state index in [1.54, 1.807) is 6.92 Å². The lowest BCUT2D eigenvalue weighted by atomic mass is 9.95. The maximum absolute atomic E-state index is 13.1. The number of rotatable bonds is 2. The molecule has 0 amide bonds. The van der Waals surface area contributed by atoms with E-state index < -0.39 is 0 Å². The van der Waals surface area contributed by atoms with Crippen molar-refractivity contribution in [2.75, 3.05) is 6.61 Å². The number of aryl methyl sites for hydroxylation is 2. The molecule has 0 saturated heterocycles. The van der Waals surface area contributed by atoms with E-state index in [4.69, 9.17) is 5.11 Å². The first-order chi connectivity index (χ1) is 6.06. The molecule has 1 rings (SSSR count). The summed E-state index contributed by atoms with van der Waals surface area (Å²) >= 11 is 0. The van der Waals surface area contributed by atoms with E-state index in [-0.39, 0.29) is 18.3 Å². The molecule has 0 fully saturated rings. The van der Waals surface area contributed by atoms with Crippen molar-refractivity contribution in [1.29, 1.82) is 0 Å². The Labute approximate surface area is 78.2 Å². The van der Waals surface area contributed by atoms with Gasteiger partial charge in [0.25, 0.3) is 0 Å². The zero-order valence-corrected chi connectivity index (χ0v) is 8.26. The van der Waals surface area contributed by atoms with Gasteiger partial charge in [-0.2, -0.15) is 0 Å². The summed E-state index contributed by atoms with van der Waals surface area (Å²) in [4.78, 5) is 0. The summed E-state index contributed by atoms with van der Waals surface area (Å²) in [6.45, 7) is 5.64. The van der Waals surface area contributed by atoms with E-state index in [0.717, 1.165) is 11.1 Å². The minimum absolute atomic E-state index is 0.0827. The molecule has 72 valence electrons. The number of aliphatic hydroxyl groups is 1. The molecular weight excluding hydrogens is 167 g/mol. The Bertz CT molecular complexity index is 307. The summed E-state index contributed by atoms with van der Waals surface area (Å²) in [5.41, 5.74) is 2.58. The number of benzene rings is 1. The Morgan fingerprint density at radius 1 is 1.31 bits per heavy atom. The Hall–Kier alpha value is -0.890. The SMILES string of the molecule is Cc1cc(C(C)CO)c(C)cc1F. The minimum Gasteiger partial charge on any atom is -0.396 e. The average molecular weight is 182 g/mol. The van der Waals surface area contributed by atoms with Crippen molar-refractivity contribution in [2.45, 2.75) is 26.7 Å². The molecule has 0 aliphatic heterocycles. The Morgan fingerprint density at radius 3 is 2.46 bits per heavy atom. The second kappa shape index (κ2) is 3.88. The van der Waals surface area contributed by atoms with E-state index in [2.05, 4.69) is 0 Å². The van der Waals surface area contributed by atoms with Crippen LogP contribution in [0.2, 0.25) is 0 Å². The maximum Gasteiger partial charge on any atom is 0.126 e. The van der Waals surface area contributed by atoms with Crippen molar-refractivity contribution in [3.05, 3.63) is 34.6 Å². The Balaban J connectivity index is 3.15. The lowest BCUT2D eigenvalue weighted by molar-refractivity contribution is 0.272. The molecule has 0 aliphatic rings. The second-order valence-corrected chi connectivity index (χ2v) is 3.54. The highest BCUT2D eigenvalue weighted by Crippen LogP contribution is 2.22.